The van der Waals surface area contributed by atoms with Crippen LogP contribution in [0.5, 0.6) is 5.75 Å². The Kier molecular flexibility index (Phi) is 4.35. The van der Waals surface area contributed by atoms with Gasteiger partial charge < -0.3 is 9.26 Å². The maximum Gasteiger partial charge on any atom is 0.298 e. The van der Waals surface area contributed by atoms with Crippen LogP contribution in [-0.4, -0.2) is 34.0 Å². The summed E-state index contributed by atoms with van der Waals surface area (Å²) >= 11 is 0. The molecule has 3 rings (SSSR count). The second-order valence-corrected chi connectivity index (χ2v) is 5.86. The number of methoxy groups -OCH3 is 1. The molecule has 7 heteroatoms. The summed E-state index contributed by atoms with van der Waals surface area (Å²) in [6.07, 6.45) is 0. The summed E-state index contributed by atoms with van der Waals surface area (Å²) < 4.78 is 11.8. The van der Waals surface area contributed by atoms with Gasteiger partial charge in [-0.25, -0.2) is 4.68 Å². The third-order valence-electron chi connectivity index (χ3n) is 3.89. The molecule has 126 valence electrons. The van der Waals surface area contributed by atoms with Gasteiger partial charge in [0.15, 0.2) is 5.52 Å². The first-order valence-corrected chi connectivity index (χ1v) is 7.64. The molecule has 0 atom stereocenters. The molecule has 0 N–H and O–H groups in total. The van der Waals surface area contributed by atoms with E-state index in [4.69, 9.17) is 9.26 Å². The summed E-state index contributed by atoms with van der Waals surface area (Å²) in [6.45, 7) is 4.66. The summed E-state index contributed by atoms with van der Waals surface area (Å²) in [5.41, 5.74) is 1.91. The van der Waals surface area contributed by atoms with Crippen LogP contribution in [0.15, 0.2) is 33.6 Å². The first-order valence-electron chi connectivity index (χ1n) is 7.64. The highest BCUT2D eigenvalue weighted by molar-refractivity contribution is 5.81. The number of aromatic nitrogens is 3. The molecule has 0 bridgehead atoms. The third kappa shape index (κ3) is 3.03. The van der Waals surface area contributed by atoms with Crippen molar-refractivity contribution < 1.29 is 9.26 Å². The lowest BCUT2D eigenvalue weighted by molar-refractivity contribution is 0.240. The molecule has 0 aliphatic carbocycles. The molecule has 3 aromatic rings. The van der Waals surface area contributed by atoms with Crippen LogP contribution < -0.4 is 10.3 Å². The summed E-state index contributed by atoms with van der Waals surface area (Å²) in [4.78, 5) is 14.5. The van der Waals surface area contributed by atoms with Gasteiger partial charge in [-0.1, -0.05) is 17.3 Å². The van der Waals surface area contributed by atoms with Gasteiger partial charge in [0.1, 0.15) is 11.5 Å². The van der Waals surface area contributed by atoms with Crippen LogP contribution in [0, 0.1) is 13.8 Å². The van der Waals surface area contributed by atoms with E-state index in [0.29, 0.717) is 29.9 Å². The molecule has 7 nitrogen and oxygen atoms in total. The Labute approximate surface area is 139 Å². The lowest BCUT2D eigenvalue weighted by Gasteiger charge is -2.18. The van der Waals surface area contributed by atoms with E-state index in [-0.39, 0.29) is 5.56 Å². The smallest absolute Gasteiger partial charge is 0.298 e. The van der Waals surface area contributed by atoms with E-state index in [1.165, 1.54) is 4.68 Å². The molecule has 0 amide bonds. The Hall–Kier alpha value is -2.67. The number of nitrogens with zero attached hydrogens (tertiary/aromatic N) is 4. The first kappa shape index (κ1) is 16.2. The highest BCUT2D eigenvalue weighted by atomic mass is 16.5. The van der Waals surface area contributed by atoms with E-state index < -0.39 is 0 Å². The lowest BCUT2D eigenvalue weighted by atomic mass is 10.2. The number of fused-ring (bicyclic) bond motifs is 1. The van der Waals surface area contributed by atoms with E-state index in [2.05, 4.69) is 10.3 Å². The maximum absolute atomic E-state index is 12.5. The van der Waals surface area contributed by atoms with E-state index in [9.17, 15) is 4.79 Å². The van der Waals surface area contributed by atoms with E-state index in [1.807, 2.05) is 43.1 Å². The zero-order valence-corrected chi connectivity index (χ0v) is 14.2. The van der Waals surface area contributed by atoms with Crippen LogP contribution in [-0.2, 0) is 13.2 Å². The van der Waals surface area contributed by atoms with Crippen molar-refractivity contribution in [1.29, 1.82) is 0 Å². The van der Waals surface area contributed by atoms with Gasteiger partial charge in [-0.05, 0) is 38.6 Å². The standard InChI is InChI=1S/C17H20N4O3/c1-11-15-12(2)24-19-16(15)17(22)21(18-11)10-20(3)9-13-6-5-7-14(8-13)23-4/h5-8H,9-10H2,1-4H3. The number of ether oxygens (including phenoxy) is 1. The van der Waals surface area contributed by atoms with E-state index in [0.717, 1.165) is 17.0 Å². The van der Waals surface area contributed by atoms with Gasteiger partial charge in [-0.3, -0.25) is 9.69 Å². The maximum atomic E-state index is 12.5. The molecule has 0 saturated carbocycles. The molecule has 0 spiro atoms. The predicted octanol–water partition coefficient (Wildman–Crippen LogP) is 2.10. The SMILES string of the molecule is COc1cccc(CN(C)Cn2nc(C)c3c(C)onc3c2=O)c1. The predicted molar refractivity (Wildman–Crippen MR) is 90.0 cm³/mol. The number of hydrogen-bond acceptors (Lipinski definition) is 6. The quantitative estimate of drug-likeness (QED) is 0.714. The van der Waals surface area contributed by atoms with Crippen molar-refractivity contribution in [2.45, 2.75) is 27.1 Å². The van der Waals surface area contributed by atoms with Crippen LogP contribution in [0.4, 0.5) is 0 Å². The molecule has 24 heavy (non-hydrogen) atoms. The lowest BCUT2D eigenvalue weighted by Crippen LogP contribution is -2.32. The summed E-state index contributed by atoms with van der Waals surface area (Å²) in [7, 11) is 3.57. The van der Waals surface area contributed by atoms with Crippen LogP contribution in [0.3, 0.4) is 0 Å². The van der Waals surface area contributed by atoms with Gasteiger partial charge in [0, 0.05) is 6.54 Å². The van der Waals surface area contributed by atoms with Crippen LogP contribution >= 0.6 is 0 Å². The van der Waals surface area contributed by atoms with Gasteiger partial charge in [0.25, 0.3) is 5.56 Å². The molecule has 0 radical (unpaired) electrons. The van der Waals surface area contributed by atoms with Gasteiger partial charge in [0.05, 0.1) is 24.9 Å². The Balaban J connectivity index is 1.84. The number of benzene rings is 1. The van der Waals surface area contributed by atoms with Gasteiger partial charge in [-0.2, -0.15) is 5.10 Å². The number of aryl methyl sites for hydroxylation is 2. The minimum Gasteiger partial charge on any atom is -0.497 e. The molecule has 1 aromatic carbocycles. The van der Waals surface area contributed by atoms with Crippen LogP contribution in [0.25, 0.3) is 10.9 Å². The monoisotopic (exact) mass is 328 g/mol. The molecule has 0 fully saturated rings. The molecular weight excluding hydrogens is 308 g/mol. The van der Waals surface area contributed by atoms with Crippen LogP contribution in [0.1, 0.15) is 17.0 Å². The highest BCUT2D eigenvalue weighted by Gasteiger charge is 2.15. The van der Waals surface area contributed by atoms with Crippen molar-refractivity contribution in [2.24, 2.45) is 0 Å². The Morgan fingerprint density at radius 3 is 2.88 bits per heavy atom. The fourth-order valence-corrected chi connectivity index (χ4v) is 2.80. The molecule has 2 aromatic heterocycles. The van der Waals surface area contributed by atoms with Gasteiger partial charge in [-0.15, -0.1) is 0 Å². The minimum atomic E-state index is -0.245. The Bertz CT molecular complexity index is 929. The van der Waals surface area contributed by atoms with Crippen molar-refractivity contribution in [3.8, 4) is 5.75 Å². The fraction of sp³-hybridized carbons (Fsp3) is 0.353. The third-order valence-corrected chi connectivity index (χ3v) is 3.89. The number of hydrogen-bond donors (Lipinski definition) is 0. The zero-order chi connectivity index (χ0) is 17.3. The van der Waals surface area contributed by atoms with Gasteiger partial charge in [0.2, 0.25) is 0 Å². The summed E-state index contributed by atoms with van der Waals surface area (Å²) in [5, 5.41) is 8.96. The Morgan fingerprint density at radius 1 is 1.33 bits per heavy atom. The molecule has 0 aliphatic rings. The topological polar surface area (TPSA) is 73.4 Å². The number of rotatable bonds is 5. The second kappa shape index (κ2) is 6.45. The molecule has 0 saturated heterocycles. The Morgan fingerprint density at radius 2 is 2.12 bits per heavy atom. The zero-order valence-electron chi connectivity index (χ0n) is 14.2. The minimum absolute atomic E-state index is 0.245. The van der Waals surface area contributed by atoms with Crippen molar-refractivity contribution in [3.05, 3.63) is 51.6 Å². The average Bonchev–Trinajstić information content (AvgIpc) is 2.95. The summed E-state index contributed by atoms with van der Waals surface area (Å²) in [6, 6.07) is 7.84. The van der Waals surface area contributed by atoms with Crippen molar-refractivity contribution >= 4 is 10.9 Å². The van der Waals surface area contributed by atoms with E-state index >= 15 is 0 Å². The van der Waals surface area contributed by atoms with Crippen molar-refractivity contribution in [3.63, 3.8) is 0 Å². The van der Waals surface area contributed by atoms with Crippen LogP contribution in [0.2, 0.25) is 0 Å². The normalized spacial score (nSPS) is 11.4. The largest absolute Gasteiger partial charge is 0.497 e. The highest BCUT2D eigenvalue weighted by Crippen LogP contribution is 2.17. The molecule has 2 heterocycles. The van der Waals surface area contributed by atoms with Crippen molar-refractivity contribution in [2.75, 3.05) is 14.2 Å². The van der Waals surface area contributed by atoms with E-state index in [1.54, 1.807) is 14.0 Å². The van der Waals surface area contributed by atoms with Gasteiger partial charge >= 0.3 is 0 Å². The second-order valence-electron chi connectivity index (χ2n) is 5.86. The first-order chi connectivity index (χ1) is 11.5. The fourth-order valence-electron chi connectivity index (χ4n) is 2.80. The average molecular weight is 328 g/mol. The molecule has 0 aliphatic heterocycles. The van der Waals surface area contributed by atoms with Crippen molar-refractivity contribution in [1.82, 2.24) is 19.8 Å². The summed E-state index contributed by atoms with van der Waals surface area (Å²) in [5.74, 6) is 1.43. The molecular formula is C17H20N4O3. The molecule has 0 unspecified atom stereocenters.